The van der Waals surface area contributed by atoms with Crippen molar-refractivity contribution in [3.8, 4) is 0 Å². The minimum absolute atomic E-state index is 0.0522. The van der Waals surface area contributed by atoms with Gasteiger partial charge in [0.15, 0.2) is 5.82 Å². The van der Waals surface area contributed by atoms with Crippen molar-refractivity contribution < 1.29 is 13.9 Å². The number of rotatable bonds is 10. The molecule has 3 aromatic heterocycles. The van der Waals surface area contributed by atoms with E-state index in [0.29, 0.717) is 24.5 Å². The summed E-state index contributed by atoms with van der Waals surface area (Å²) in [6.07, 6.45) is 1.62. The van der Waals surface area contributed by atoms with Crippen LogP contribution in [0.4, 0.5) is 0 Å². The fraction of sp³-hybridized carbons (Fsp3) is 0.423. The topological polar surface area (TPSA) is 119 Å². The van der Waals surface area contributed by atoms with Crippen LogP contribution >= 0.6 is 0 Å². The second kappa shape index (κ2) is 10.9. The van der Waals surface area contributed by atoms with Crippen molar-refractivity contribution >= 4 is 16.9 Å². The SMILES string of the molecule is CCOC(=O)Cn1nnnc1[C@@H](C(C)C)N(Cc1ccco1)Cc1cc2ccc(C)c(C)c2[nH]c1=O. The Hall–Kier alpha value is -3.79. The molecule has 0 saturated carbocycles. The Morgan fingerprint density at radius 1 is 1.22 bits per heavy atom. The summed E-state index contributed by atoms with van der Waals surface area (Å²) in [5.41, 5.74) is 3.50. The van der Waals surface area contributed by atoms with Gasteiger partial charge in [0.25, 0.3) is 5.56 Å². The summed E-state index contributed by atoms with van der Waals surface area (Å²) < 4.78 is 12.2. The zero-order valence-corrected chi connectivity index (χ0v) is 21.3. The van der Waals surface area contributed by atoms with E-state index in [1.54, 1.807) is 13.2 Å². The number of benzene rings is 1. The number of carbonyl (C=O) groups is 1. The van der Waals surface area contributed by atoms with Crippen LogP contribution in [0.25, 0.3) is 10.9 Å². The lowest BCUT2D eigenvalue weighted by Gasteiger charge is -2.32. The van der Waals surface area contributed by atoms with E-state index in [2.05, 4.69) is 45.3 Å². The molecule has 4 rings (SSSR count). The number of ether oxygens (including phenoxy) is 1. The smallest absolute Gasteiger partial charge is 0.327 e. The second-order valence-corrected chi connectivity index (χ2v) is 9.27. The first-order valence-corrected chi connectivity index (χ1v) is 12.1. The van der Waals surface area contributed by atoms with Gasteiger partial charge in [0.1, 0.15) is 12.3 Å². The second-order valence-electron chi connectivity index (χ2n) is 9.27. The highest BCUT2D eigenvalue weighted by Gasteiger charge is 2.31. The Balaban J connectivity index is 1.75. The van der Waals surface area contributed by atoms with Crippen LogP contribution in [0, 0.1) is 19.8 Å². The van der Waals surface area contributed by atoms with Crippen molar-refractivity contribution in [2.24, 2.45) is 5.92 Å². The maximum absolute atomic E-state index is 13.2. The van der Waals surface area contributed by atoms with Crippen molar-refractivity contribution in [3.63, 3.8) is 0 Å². The maximum atomic E-state index is 13.2. The van der Waals surface area contributed by atoms with E-state index in [-0.39, 0.29) is 30.7 Å². The third-order valence-corrected chi connectivity index (χ3v) is 6.37. The molecule has 1 atom stereocenters. The summed E-state index contributed by atoms with van der Waals surface area (Å²) in [6.45, 7) is 10.8. The minimum atomic E-state index is -0.414. The summed E-state index contributed by atoms with van der Waals surface area (Å²) in [7, 11) is 0. The van der Waals surface area contributed by atoms with E-state index in [1.165, 1.54) is 4.68 Å². The van der Waals surface area contributed by atoms with Crippen LogP contribution < -0.4 is 5.56 Å². The highest BCUT2D eigenvalue weighted by molar-refractivity contribution is 5.83. The number of esters is 1. The standard InChI is InChI=1S/C26H32N6O4/c1-6-35-22(33)15-32-25(28-29-30-32)24(16(2)3)31(14-21-8-7-11-36-21)13-20-12-19-10-9-17(4)18(5)23(19)27-26(20)34/h7-12,16,24H,6,13-15H2,1-5H3,(H,27,34)/t24-/m1/s1. The number of carbonyl (C=O) groups excluding carboxylic acids is 1. The van der Waals surface area contributed by atoms with E-state index in [0.717, 1.165) is 27.8 Å². The molecule has 0 amide bonds. The predicted octanol–water partition coefficient (Wildman–Crippen LogP) is 3.69. The number of tetrazole rings is 1. The Morgan fingerprint density at radius 3 is 2.72 bits per heavy atom. The quantitative estimate of drug-likeness (QED) is 0.333. The van der Waals surface area contributed by atoms with Crippen LogP contribution in [0.3, 0.4) is 0 Å². The van der Waals surface area contributed by atoms with Gasteiger partial charge in [-0.2, -0.15) is 0 Å². The zero-order valence-electron chi connectivity index (χ0n) is 21.3. The van der Waals surface area contributed by atoms with Gasteiger partial charge >= 0.3 is 5.97 Å². The monoisotopic (exact) mass is 492 g/mol. The molecule has 10 heteroatoms. The van der Waals surface area contributed by atoms with Gasteiger partial charge in [-0.3, -0.25) is 14.5 Å². The van der Waals surface area contributed by atoms with Crippen LogP contribution in [0.2, 0.25) is 0 Å². The fourth-order valence-electron chi connectivity index (χ4n) is 4.51. The summed E-state index contributed by atoms with van der Waals surface area (Å²) in [5, 5.41) is 13.1. The molecule has 0 bridgehead atoms. The third-order valence-electron chi connectivity index (χ3n) is 6.37. The lowest BCUT2D eigenvalue weighted by atomic mass is 9.99. The van der Waals surface area contributed by atoms with Gasteiger partial charge < -0.3 is 14.1 Å². The van der Waals surface area contributed by atoms with Gasteiger partial charge in [-0.1, -0.05) is 26.0 Å². The zero-order chi connectivity index (χ0) is 25.8. The van der Waals surface area contributed by atoms with Crippen molar-refractivity contribution in [1.82, 2.24) is 30.1 Å². The molecule has 1 aromatic carbocycles. The number of fused-ring (bicyclic) bond motifs is 1. The van der Waals surface area contributed by atoms with Crippen LogP contribution in [0.1, 0.15) is 55.1 Å². The lowest BCUT2D eigenvalue weighted by molar-refractivity contribution is -0.144. The molecule has 10 nitrogen and oxygen atoms in total. The first-order chi connectivity index (χ1) is 17.3. The van der Waals surface area contributed by atoms with Crippen molar-refractivity contribution in [1.29, 1.82) is 0 Å². The third kappa shape index (κ3) is 5.38. The summed E-state index contributed by atoms with van der Waals surface area (Å²) in [5.74, 6) is 0.904. The van der Waals surface area contributed by atoms with E-state index in [1.807, 2.05) is 38.1 Å². The van der Waals surface area contributed by atoms with Gasteiger partial charge in [0, 0.05) is 12.1 Å². The molecule has 190 valence electrons. The molecule has 0 fully saturated rings. The number of aromatic amines is 1. The Kier molecular flexibility index (Phi) is 7.64. The number of nitrogens with zero attached hydrogens (tertiary/aromatic N) is 5. The van der Waals surface area contributed by atoms with Crippen LogP contribution in [0.5, 0.6) is 0 Å². The van der Waals surface area contributed by atoms with Crippen LogP contribution in [-0.4, -0.2) is 42.7 Å². The molecule has 0 radical (unpaired) electrons. The maximum Gasteiger partial charge on any atom is 0.327 e. The Labute approximate surface area is 209 Å². The fourth-order valence-corrected chi connectivity index (χ4v) is 4.51. The van der Waals surface area contributed by atoms with Gasteiger partial charge in [0.05, 0.1) is 31.0 Å². The van der Waals surface area contributed by atoms with E-state index >= 15 is 0 Å². The van der Waals surface area contributed by atoms with Gasteiger partial charge in [0.2, 0.25) is 0 Å². The number of pyridine rings is 1. The Morgan fingerprint density at radius 2 is 2.03 bits per heavy atom. The first-order valence-electron chi connectivity index (χ1n) is 12.1. The number of nitrogens with one attached hydrogen (secondary N) is 1. The van der Waals surface area contributed by atoms with Gasteiger partial charge in [-0.25, -0.2) is 4.68 Å². The first kappa shape index (κ1) is 25.3. The lowest BCUT2D eigenvalue weighted by Crippen LogP contribution is -2.35. The number of aromatic nitrogens is 5. The minimum Gasteiger partial charge on any atom is -0.468 e. The Bertz CT molecular complexity index is 1390. The highest BCUT2D eigenvalue weighted by atomic mass is 16.5. The number of hydrogen-bond donors (Lipinski definition) is 1. The molecule has 1 N–H and O–H groups in total. The van der Waals surface area contributed by atoms with E-state index < -0.39 is 5.97 Å². The van der Waals surface area contributed by atoms with Crippen molar-refractivity contribution in [2.45, 2.75) is 60.3 Å². The summed E-state index contributed by atoms with van der Waals surface area (Å²) >= 11 is 0. The largest absolute Gasteiger partial charge is 0.468 e. The van der Waals surface area contributed by atoms with Gasteiger partial charge in [-0.05, 0) is 71.8 Å². The molecule has 3 heterocycles. The average Bonchev–Trinajstić information content (AvgIpc) is 3.50. The van der Waals surface area contributed by atoms with Crippen molar-refractivity contribution in [2.75, 3.05) is 6.61 Å². The molecule has 0 aliphatic heterocycles. The van der Waals surface area contributed by atoms with Gasteiger partial charge in [-0.15, -0.1) is 5.10 Å². The molecule has 0 saturated heterocycles. The molecule has 4 aromatic rings. The van der Waals surface area contributed by atoms with Crippen LogP contribution in [-0.2, 0) is 29.2 Å². The summed E-state index contributed by atoms with van der Waals surface area (Å²) in [6, 6.07) is 9.43. The van der Waals surface area contributed by atoms with E-state index in [9.17, 15) is 9.59 Å². The molecule has 0 spiro atoms. The normalized spacial score (nSPS) is 12.5. The number of H-pyrrole nitrogens is 1. The van der Waals surface area contributed by atoms with E-state index in [4.69, 9.17) is 9.15 Å². The molecule has 0 aliphatic rings. The molecule has 0 unspecified atom stereocenters. The predicted molar refractivity (Wildman–Crippen MR) is 134 cm³/mol. The number of aryl methyl sites for hydroxylation is 2. The highest BCUT2D eigenvalue weighted by Crippen LogP contribution is 2.30. The molecular formula is C26H32N6O4. The summed E-state index contributed by atoms with van der Waals surface area (Å²) in [4.78, 5) is 30.5. The number of furan rings is 1. The molecule has 36 heavy (non-hydrogen) atoms. The van der Waals surface area contributed by atoms with Crippen LogP contribution in [0.15, 0.2) is 45.8 Å². The average molecular weight is 493 g/mol. The molecule has 0 aliphatic carbocycles. The van der Waals surface area contributed by atoms with Crippen molar-refractivity contribution in [3.05, 3.63) is 75.2 Å². The number of hydrogen-bond acceptors (Lipinski definition) is 8. The molecular weight excluding hydrogens is 460 g/mol.